The maximum Gasteiger partial charge on any atom is 0.357 e. The van der Waals surface area contributed by atoms with Crippen molar-refractivity contribution < 1.29 is 9.53 Å². The highest BCUT2D eigenvalue weighted by atomic mass is 32.1. The van der Waals surface area contributed by atoms with Gasteiger partial charge in [-0.25, -0.2) is 9.78 Å². The quantitative estimate of drug-likeness (QED) is 0.844. The second kappa shape index (κ2) is 5.07. The summed E-state index contributed by atoms with van der Waals surface area (Å²) in [5, 5.41) is 2.49. The Labute approximate surface area is 103 Å². The number of carbonyl (C=O) groups is 1. The molecule has 1 aromatic carbocycles. The lowest BCUT2D eigenvalue weighted by Gasteiger charge is -1.98. The first-order chi connectivity index (χ1) is 8.24. The SMILES string of the molecule is COC(=O)c1csc(-c2ccc(CN)cc2)n1. The number of rotatable bonds is 3. The van der Waals surface area contributed by atoms with Crippen molar-refractivity contribution in [1.29, 1.82) is 0 Å². The lowest BCUT2D eigenvalue weighted by Crippen LogP contribution is -2.01. The summed E-state index contributed by atoms with van der Waals surface area (Å²) in [4.78, 5) is 15.5. The molecule has 2 N–H and O–H groups in total. The number of nitrogens with two attached hydrogens (primary N) is 1. The molecule has 0 saturated carbocycles. The van der Waals surface area contributed by atoms with Gasteiger partial charge in [-0.3, -0.25) is 0 Å². The molecule has 0 fully saturated rings. The Hall–Kier alpha value is -1.72. The van der Waals surface area contributed by atoms with Gasteiger partial charge in [0.25, 0.3) is 0 Å². The third-order valence-corrected chi connectivity index (χ3v) is 3.23. The standard InChI is InChI=1S/C12H12N2O2S/c1-16-12(15)10-7-17-11(14-10)9-4-2-8(6-13)3-5-9/h2-5,7H,6,13H2,1H3. The number of methoxy groups -OCH3 is 1. The molecule has 0 bridgehead atoms. The van der Waals surface area contributed by atoms with Gasteiger partial charge >= 0.3 is 5.97 Å². The van der Waals surface area contributed by atoms with Crippen LogP contribution in [0, 0.1) is 0 Å². The van der Waals surface area contributed by atoms with E-state index in [1.807, 2.05) is 24.3 Å². The van der Waals surface area contributed by atoms with E-state index in [0.29, 0.717) is 12.2 Å². The van der Waals surface area contributed by atoms with Crippen molar-refractivity contribution in [3.63, 3.8) is 0 Å². The van der Waals surface area contributed by atoms with Crippen LogP contribution >= 0.6 is 11.3 Å². The summed E-state index contributed by atoms with van der Waals surface area (Å²) in [5.41, 5.74) is 7.91. The second-order valence-corrected chi connectivity index (χ2v) is 4.29. The fraction of sp³-hybridized carbons (Fsp3) is 0.167. The average Bonchev–Trinajstić information content (AvgIpc) is 2.87. The topological polar surface area (TPSA) is 65.2 Å². The summed E-state index contributed by atoms with van der Waals surface area (Å²) < 4.78 is 4.61. The number of carbonyl (C=O) groups excluding carboxylic acids is 1. The third kappa shape index (κ3) is 2.51. The van der Waals surface area contributed by atoms with Crippen molar-refractivity contribution in [2.45, 2.75) is 6.54 Å². The second-order valence-electron chi connectivity index (χ2n) is 3.43. The minimum absolute atomic E-state index is 0.343. The van der Waals surface area contributed by atoms with Gasteiger partial charge in [0.05, 0.1) is 7.11 Å². The van der Waals surface area contributed by atoms with Gasteiger partial charge in [-0.1, -0.05) is 24.3 Å². The lowest BCUT2D eigenvalue weighted by molar-refractivity contribution is 0.0595. The van der Waals surface area contributed by atoms with Crippen LogP contribution in [0.1, 0.15) is 16.1 Å². The number of thiazole rings is 1. The molecule has 4 nitrogen and oxygen atoms in total. The number of benzene rings is 1. The Kier molecular flexibility index (Phi) is 3.51. The molecule has 0 amide bonds. The van der Waals surface area contributed by atoms with E-state index < -0.39 is 5.97 Å². The molecule has 5 heteroatoms. The summed E-state index contributed by atoms with van der Waals surface area (Å²) in [7, 11) is 1.34. The highest BCUT2D eigenvalue weighted by Crippen LogP contribution is 2.24. The fourth-order valence-corrected chi connectivity index (χ4v) is 2.18. The minimum Gasteiger partial charge on any atom is -0.464 e. The van der Waals surface area contributed by atoms with Gasteiger partial charge in [-0.05, 0) is 5.56 Å². The van der Waals surface area contributed by atoms with Gasteiger partial charge < -0.3 is 10.5 Å². The third-order valence-electron chi connectivity index (χ3n) is 2.34. The van der Waals surface area contributed by atoms with Gasteiger partial charge in [-0.2, -0.15) is 0 Å². The molecule has 0 aliphatic carbocycles. The molecule has 17 heavy (non-hydrogen) atoms. The normalized spacial score (nSPS) is 10.2. The van der Waals surface area contributed by atoms with E-state index in [2.05, 4.69) is 9.72 Å². The molecular formula is C12H12N2O2S. The van der Waals surface area contributed by atoms with Gasteiger partial charge in [0.15, 0.2) is 5.69 Å². The summed E-state index contributed by atoms with van der Waals surface area (Å²) in [6, 6.07) is 7.80. The predicted octanol–water partition coefficient (Wildman–Crippen LogP) is 2.06. The average molecular weight is 248 g/mol. The number of hydrogen-bond donors (Lipinski definition) is 1. The van der Waals surface area contributed by atoms with Gasteiger partial charge in [0.2, 0.25) is 0 Å². The Bertz CT molecular complexity index is 520. The van der Waals surface area contributed by atoms with E-state index in [0.717, 1.165) is 16.1 Å². The minimum atomic E-state index is -0.411. The summed E-state index contributed by atoms with van der Waals surface area (Å²) in [5.74, 6) is -0.411. The predicted molar refractivity (Wildman–Crippen MR) is 66.8 cm³/mol. The van der Waals surface area contributed by atoms with E-state index in [4.69, 9.17) is 5.73 Å². The van der Waals surface area contributed by atoms with Crippen LogP contribution in [-0.2, 0) is 11.3 Å². The monoisotopic (exact) mass is 248 g/mol. The molecular weight excluding hydrogens is 236 g/mol. The Morgan fingerprint density at radius 3 is 2.71 bits per heavy atom. The lowest BCUT2D eigenvalue weighted by atomic mass is 10.1. The van der Waals surface area contributed by atoms with Crippen molar-refractivity contribution in [3.05, 3.63) is 40.9 Å². The summed E-state index contributed by atoms with van der Waals surface area (Å²) in [6.07, 6.45) is 0. The van der Waals surface area contributed by atoms with Crippen LogP contribution in [0.3, 0.4) is 0 Å². The highest BCUT2D eigenvalue weighted by molar-refractivity contribution is 7.13. The molecule has 0 aliphatic rings. The number of hydrogen-bond acceptors (Lipinski definition) is 5. The van der Waals surface area contributed by atoms with Crippen LogP contribution < -0.4 is 5.73 Å². The first kappa shape index (κ1) is 11.8. The zero-order chi connectivity index (χ0) is 12.3. The molecule has 0 saturated heterocycles. The summed E-state index contributed by atoms with van der Waals surface area (Å²) >= 11 is 1.42. The highest BCUT2D eigenvalue weighted by Gasteiger charge is 2.11. The van der Waals surface area contributed by atoms with E-state index in [1.165, 1.54) is 18.4 Å². The Balaban J connectivity index is 2.27. The van der Waals surface area contributed by atoms with E-state index in [9.17, 15) is 4.79 Å². The van der Waals surface area contributed by atoms with Crippen molar-refractivity contribution in [2.24, 2.45) is 5.73 Å². The number of ether oxygens (including phenoxy) is 1. The van der Waals surface area contributed by atoms with Crippen LogP contribution in [0.5, 0.6) is 0 Å². The van der Waals surface area contributed by atoms with Crippen molar-refractivity contribution in [3.8, 4) is 10.6 Å². The molecule has 0 atom stereocenters. The van der Waals surface area contributed by atoms with Crippen LogP contribution in [0.15, 0.2) is 29.6 Å². The van der Waals surface area contributed by atoms with E-state index >= 15 is 0 Å². The summed E-state index contributed by atoms with van der Waals surface area (Å²) in [6.45, 7) is 0.519. The Morgan fingerprint density at radius 1 is 1.41 bits per heavy atom. The molecule has 2 aromatic rings. The van der Waals surface area contributed by atoms with Gasteiger partial charge in [0.1, 0.15) is 5.01 Å². The molecule has 0 unspecified atom stereocenters. The van der Waals surface area contributed by atoms with Crippen LogP contribution in [0.4, 0.5) is 0 Å². The molecule has 88 valence electrons. The molecule has 1 aromatic heterocycles. The Morgan fingerprint density at radius 2 is 2.12 bits per heavy atom. The van der Waals surface area contributed by atoms with Crippen molar-refractivity contribution in [1.82, 2.24) is 4.98 Å². The number of aromatic nitrogens is 1. The van der Waals surface area contributed by atoms with Gasteiger partial charge in [0, 0.05) is 17.5 Å². The smallest absolute Gasteiger partial charge is 0.357 e. The first-order valence-corrected chi connectivity index (χ1v) is 5.96. The molecule has 1 heterocycles. The van der Waals surface area contributed by atoms with Crippen LogP contribution in [-0.4, -0.2) is 18.1 Å². The van der Waals surface area contributed by atoms with Crippen molar-refractivity contribution in [2.75, 3.05) is 7.11 Å². The van der Waals surface area contributed by atoms with Crippen LogP contribution in [0.25, 0.3) is 10.6 Å². The number of esters is 1. The maximum absolute atomic E-state index is 11.3. The van der Waals surface area contributed by atoms with Crippen LogP contribution in [0.2, 0.25) is 0 Å². The van der Waals surface area contributed by atoms with E-state index in [-0.39, 0.29) is 0 Å². The molecule has 0 aliphatic heterocycles. The zero-order valence-electron chi connectivity index (χ0n) is 9.34. The van der Waals surface area contributed by atoms with E-state index in [1.54, 1.807) is 5.38 Å². The molecule has 0 spiro atoms. The number of nitrogens with zero attached hydrogens (tertiary/aromatic N) is 1. The fourth-order valence-electron chi connectivity index (χ4n) is 1.39. The first-order valence-electron chi connectivity index (χ1n) is 5.08. The molecule has 0 radical (unpaired) electrons. The van der Waals surface area contributed by atoms with Gasteiger partial charge in [-0.15, -0.1) is 11.3 Å². The molecule has 2 rings (SSSR count). The maximum atomic E-state index is 11.3. The zero-order valence-corrected chi connectivity index (χ0v) is 10.2. The largest absolute Gasteiger partial charge is 0.464 e. The van der Waals surface area contributed by atoms with Crippen molar-refractivity contribution >= 4 is 17.3 Å².